The van der Waals surface area contributed by atoms with Crippen molar-refractivity contribution in [2.75, 3.05) is 13.1 Å². The largest absolute Gasteiger partial charge is 0.383 e. The van der Waals surface area contributed by atoms with Crippen molar-refractivity contribution in [3.63, 3.8) is 0 Å². The van der Waals surface area contributed by atoms with Gasteiger partial charge in [0.05, 0.1) is 13.1 Å². The van der Waals surface area contributed by atoms with Crippen LogP contribution in [0.4, 0.5) is 0 Å². The van der Waals surface area contributed by atoms with Crippen LogP contribution in [0.3, 0.4) is 0 Å². The van der Waals surface area contributed by atoms with Gasteiger partial charge < -0.3 is 10.0 Å². The second kappa shape index (κ2) is 6.92. The molecule has 1 aliphatic heterocycles. The highest BCUT2D eigenvalue weighted by molar-refractivity contribution is 5.94. The Morgan fingerprint density at radius 1 is 1.15 bits per heavy atom. The van der Waals surface area contributed by atoms with E-state index in [4.69, 9.17) is 0 Å². The van der Waals surface area contributed by atoms with Crippen LogP contribution in [0.15, 0.2) is 54.9 Å². The SMILES string of the molecule is Cc1ccc(C2(O)CCN(C(=O)c3ccc(Cn4cnnn4)cc3)C2)cc1. The number of aliphatic hydroxyl groups is 1. The molecule has 27 heavy (non-hydrogen) atoms. The summed E-state index contributed by atoms with van der Waals surface area (Å²) in [6, 6.07) is 15.3. The number of nitrogens with zero attached hydrogens (tertiary/aromatic N) is 5. The fourth-order valence-electron chi connectivity index (χ4n) is 3.44. The lowest BCUT2D eigenvalue weighted by molar-refractivity contribution is 0.0417. The zero-order valence-corrected chi connectivity index (χ0v) is 15.1. The van der Waals surface area contributed by atoms with Gasteiger partial charge in [0.2, 0.25) is 0 Å². The first kappa shape index (κ1) is 17.4. The highest BCUT2D eigenvalue weighted by atomic mass is 16.3. The Balaban J connectivity index is 1.44. The Bertz CT molecular complexity index is 922. The van der Waals surface area contributed by atoms with E-state index in [2.05, 4.69) is 15.5 Å². The number of carbonyl (C=O) groups excluding carboxylic acids is 1. The molecule has 1 aliphatic rings. The molecule has 0 bridgehead atoms. The number of aromatic nitrogens is 4. The molecule has 0 saturated carbocycles. The van der Waals surface area contributed by atoms with E-state index in [1.165, 1.54) is 0 Å². The molecule has 0 aliphatic carbocycles. The van der Waals surface area contributed by atoms with Crippen molar-refractivity contribution in [3.8, 4) is 0 Å². The number of hydrogen-bond donors (Lipinski definition) is 1. The van der Waals surface area contributed by atoms with Gasteiger partial charge in [0.25, 0.3) is 5.91 Å². The first-order valence-corrected chi connectivity index (χ1v) is 8.92. The molecule has 3 aromatic rings. The van der Waals surface area contributed by atoms with Crippen molar-refractivity contribution < 1.29 is 9.90 Å². The van der Waals surface area contributed by atoms with Crippen molar-refractivity contribution in [2.45, 2.75) is 25.5 Å². The monoisotopic (exact) mass is 363 g/mol. The number of benzene rings is 2. The van der Waals surface area contributed by atoms with Gasteiger partial charge in [0.15, 0.2) is 0 Å². The first-order valence-electron chi connectivity index (χ1n) is 8.92. The van der Waals surface area contributed by atoms with Crippen LogP contribution in [0.2, 0.25) is 0 Å². The molecular formula is C20H21N5O2. The summed E-state index contributed by atoms with van der Waals surface area (Å²) < 4.78 is 1.62. The number of aryl methyl sites for hydroxylation is 1. The summed E-state index contributed by atoms with van der Waals surface area (Å²) in [4.78, 5) is 14.5. The lowest BCUT2D eigenvalue weighted by atomic mass is 9.92. The molecule has 0 spiro atoms. The number of tetrazole rings is 1. The molecule has 138 valence electrons. The number of β-amino-alcohol motifs (C(OH)–C–C–N with tert-alkyl or cyclic N) is 1. The van der Waals surface area contributed by atoms with Gasteiger partial charge in [-0.2, -0.15) is 0 Å². The van der Waals surface area contributed by atoms with Crippen LogP contribution in [0, 0.1) is 6.92 Å². The Labute approximate surface area is 157 Å². The Morgan fingerprint density at radius 3 is 2.56 bits per heavy atom. The van der Waals surface area contributed by atoms with E-state index in [9.17, 15) is 9.90 Å². The highest BCUT2D eigenvalue weighted by Crippen LogP contribution is 2.32. The van der Waals surface area contributed by atoms with Gasteiger partial charge in [-0.15, -0.1) is 5.10 Å². The van der Waals surface area contributed by atoms with Crippen LogP contribution >= 0.6 is 0 Å². The third-order valence-electron chi connectivity index (χ3n) is 5.06. The van der Waals surface area contributed by atoms with Gasteiger partial charge in [0.1, 0.15) is 11.9 Å². The van der Waals surface area contributed by atoms with E-state index in [0.717, 1.165) is 16.7 Å². The molecule has 1 aromatic heterocycles. The molecule has 0 radical (unpaired) electrons. The van der Waals surface area contributed by atoms with Gasteiger partial charge in [-0.05, 0) is 47.0 Å². The molecule has 4 rings (SSSR count). The molecule has 2 aromatic carbocycles. The summed E-state index contributed by atoms with van der Waals surface area (Å²) in [5, 5.41) is 22.0. The molecule has 1 unspecified atom stereocenters. The van der Waals surface area contributed by atoms with E-state index in [1.54, 1.807) is 15.9 Å². The standard InChI is InChI=1S/C20H21N5O2/c1-15-2-8-18(9-3-15)20(27)10-11-24(13-20)19(26)17-6-4-16(5-7-17)12-25-14-21-22-23-25/h2-9,14,27H,10-13H2,1H3. The van der Waals surface area contributed by atoms with E-state index in [0.29, 0.717) is 31.6 Å². The van der Waals surface area contributed by atoms with Crippen LogP contribution in [0.1, 0.15) is 33.5 Å². The van der Waals surface area contributed by atoms with Gasteiger partial charge >= 0.3 is 0 Å². The summed E-state index contributed by atoms with van der Waals surface area (Å²) in [5.74, 6) is -0.0630. The second-order valence-electron chi connectivity index (χ2n) is 7.08. The summed E-state index contributed by atoms with van der Waals surface area (Å²) in [5.41, 5.74) is 2.65. The number of hydrogen-bond acceptors (Lipinski definition) is 5. The average molecular weight is 363 g/mol. The Hall–Kier alpha value is -3.06. The van der Waals surface area contributed by atoms with E-state index in [1.807, 2.05) is 55.5 Å². The maximum Gasteiger partial charge on any atom is 0.253 e. The van der Waals surface area contributed by atoms with Crippen molar-refractivity contribution in [1.29, 1.82) is 0 Å². The first-order chi connectivity index (χ1) is 13.0. The zero-order chi connectivity index (χ0) is 18.9. The molecule has 1 atom stereocenters. The minimum Gasteiger partial charge on any atom is -0.383 e. The molecule has 1 saturated heterocycles. The number of rotatable bonds is 4. The second-order valence-corrected chi connectivity index (χ2v) is 7.08. The molecule has 2 heterocycles. The quantitative estimate of drug-likeness (QED) is 0.764. The topological polar surface area (TPSA) is 84.1 Å². The van der Waals surface area contributed by atoms with Crippen molar-refractivity contribution in [1.82, 2.24) is 25.1 Å². The van der Waals surface area contributed by atoms with Gasteiger partial charge in [-0.25, -0.2) is 4.68 Å². The predicted octanol–water partition coefficient (Wildman–Crippen LogP) is 1.76. The van der Waals surface area contributed by atoms with E-state index in [-0.39, 0.29) is 5.91 Å². The Kier molecular flexibility index (Phi) is 4.45. The summed E-state index contributed by atoms with van der Waals surface area (Å²) >= 11 is 0. The summed E-state index contributed by atoms with van der Waals surface area (Å²) in [6.07, 6.45) is 2.09. The minimum absolute atomic E-state index is 0.0630. The average Bonchev–Trinajstić information content (AvgIpc) is 3.33. The lowest BCUT2D eigenvalue weighted by Gasteiger charge is -2.24. The van der Waals surface area contributed by atoms with Crippen LogP contribution in [0.5, 0.6) is 0 Å². The molecule has 1 N–H and O–H groups in total. The van der Waals surface area contributed by atoms with Crippen LogP contribution in [0.25, 0.3) is 0 Å². The molecule has 1 fully saturated rings. The number of carbonyl (C=O) groups is 1. The van der Waals surface area contributed by atoms with Crippen LogP contribution in [-0.2, 0) is 12.1 Å². The van der Waals surface area contributed by atoms with Gasteiger partial charge in [0, 0.05) is 12.1 Å². The molecule has 1 amide bonds. The van der Waals surface area contributed by atoms with Gasteiger partial charge in [-0.3, -0.25) is 4.79 Å². The minimum atomic E-state index is -0.983. The van der Waals surface area contributed by atoms with Crippen molar-refractivity contribution in [3.05, 3.63) is 77.1 Å². The van der Waals surface area contributed by atoms with Crippen LogP contribution < -0.4 is 0 Å². The smallest absolute Gasteiger partial charge is 0.253 e. The van der Waals surface area contributed by atoms with Crippen molar-refractivity contribution >= 4 is 5.91 Å². The predicted molar refractivity (Wildman–Crippen MR) is 99.0 cm³/mol. The fraction of sp³-hybridized carbons (Fsp3) is 0.300. The van der Waals surface area contributed by atoms with Crippen LogP contribution in [-0.4, -0.2) is 49.2 Å². The molecule has 7 heteroatoms. The number of likely N-dealkylation sites (tertiary alicyclic amines) is 1. The number of amides is 1. The maximum absolute atomic E-state index is 12.8. The normalized spacial score (nSPS) is 19.4. The lowest BCUT2D eigenvalue weighted by Crippen LogP contribution is -2.34. The maximum atomic E-state index is 12.8. The molecule has 7 nitrogen and oxygen atoms in total. The van der Waals surface area contributed by atoms with E-state index >= 15 is 0 Å². The fourth-order valence-corrected chi connectivity index (χ4v) is 3.44. The third kappa shape index (κ3) is 3.59. The molecular weight excluding hydrogens is 342 g/mol. The third-order valence-corrected chi connectivity index (χ3v) is 5.06. The van der Waals surface area contributed by atoms with Gasteiger partial charge in [-0.1, -0.05) is 42.0 Å². The summed E-state index contributed by atoms with van der Waals surface area (Å²) in [7, 11) is 0. The van der Waals surface area contributed by atoms with E-state index < -0.39 is 5.60 Å². The highest BCUT2D eigenvalue weighted by Gasteiger charge is 2.39. The van der Waals surface area contributed by atoms with Crippen molar-refractivity contribution in [2.24, 2.45) is 0 Å². The zero-order valence-electron chi connectivity index (χ0n) is 15.1. The summed E-state index contributed by atoms with van der Waals surface area (Å²) in [6.45, 7) is 3.41. The Morgan fingerprint density at radius 2 is 1.89 bits per heavy atom.